The molecule has 0 amide bonds. The molecule has 0 radical (unpaired) electrons. The summed E-state index contributed by atoms with van der Waals surface area (Å²) in [7, 11) is 1.57. The van der Waals surface area contributed by atoms with Gasteiger partial charge in [-0.2, -0.15) is 0 Å². The number of carbonyl (C=O) groups excluding carboxylic acids is 1. The van der Waals surface area contributed by atoms with Crippen molar-refractivity contribution in [3.8, 4) is 0 Å². The average Bonchev–Trinajstić information content (AvgIpc) is 2.51. The van der Waals surface area contributed by atoms with E-state index in [2.05, 4.69) is 9.69 Å². The maximum Gasteiger partial charge on any atom is 0.306 e. The maximum atomic E-state index is 11.6. The van der Waals surface area contributed by atoms with E-state index in [1.54, 1.807) is 37.9 Å². The Bertz CT molecular complexity index is 590. The monoisotopic (exact) mass is 318 g/mol. The molecule has 0 bridgehead atoms. The minimum Gasteiger partial charge on any atom is -0.460 e. The third-order valence-corrected chi connectivity index (χ3v) is 3.80. The van der Waals surface area contributed by atoms with Crippen LogP contribution in [-0.4, -0.2) is 31.5 Å². The van der Waals surface area contributed by atoms with Crippen LogP contribution in [0.3, 0.4) is 0 Å². The highest BCUT2D eigenvalue weighted by Crippen LogP contribution is 2.33. The van der Waals surface area contributed by atoms with E-state index in [0.717, 1.165) is 10.6 Å². The first-order valence-corrected chi connectivity index (χ1v) is 7.79. The second kappa shape index (κ2) is 9.83. The first-order valence-electron chi connectivity index (χ1n) is 6.81. The van der Waals surface area contributed by atoms with Crippen LogP contribution in [0.15, 0.2) is 23.1 Å². The first-order chi connectivity index (χ1) is 10.6. The molecule has 5 nitrogen and oxygen atoms in total. The standard InChI is InChI=1S/C16H18N2O3S/c1-12(11-20-4)21-16(19)6-5-9-22-13-7-8-14(17-2)15(10-13)18-3/h7-8,10,12H,5-6,9,11H2,1,4H3. The summed E-state index contributed by atoms with van der Waals surface area (Å²) in [5.41, 5.74) is 0.739. The topological polar surface area (TPSA) is 44.2 Å². The van der Waals surface area contributed by atoms with Crippen molar-refractivity contribution < 1.29 is 14.3 Å². The van der Waals surface area contributed by atoms with Gasteiger partial charge in [0.15, 0.2) is 11.4 Å². The smallest absolute Gasteiger partial charge is 0.306 e. The Morgan fingerprint density at radius 2 is 2.05 bits per heavy atom. The molecule has 1 unspecified atom stereocenters. The fourth-order valence-electron chi connectivity index (χ4n) is 1.74. The van der Waals surface area contributed by atoms with Gasteiger partial charge in [0.2, 0.25) is 0 Å². The van der Waals surface area contributed by atoms with E-state index in [4.69, 9.17) is 22.6 Å². The summed E-state index contributed by atoms with van der Waals surface area (Å²) in [5, 5.41) is 0. The molecule has 0 N–H and O–H groups in total. The lowest BCUT2D eigenvalue weighted by atomic mass is 10.3. The number of ether oxygens (including phenoxy) is 2. The second-order valence-electron chi connectivity index (χ2n) is 4.58. The zero-order chi connectivity index (χ0) is 16.4. The van der Waals surface area contributed by atoms with E-state index < -0.39 is 0 Å². The van der Waals surface area contributed by atoms with Gasteiger partial charge >= 0.3 is 5.97 Å². The molecule has 1 rings (SSSR count). The molecule has 116 valence electrons. The summed E-state index contributed by atoms with van der Waals surface area (Å²) < 4.78 is 10.1. The summed E-state index contributed by atoms with van der Waals surface area (Å²) in [6.07, 6.45) is 0.824. The third kappa shape index (κ3) is 6.17. The molecule has 0 saturated carbocycles. The summed E-state index contributed by atoms with van der Waals surface area (Å²) >= 11 is 1.56. The number of benzene rings is 1. The zero-order valence-corrected chi connectivity index (χ0v) is 13.5. The Kier molecular flexibility index (Phi) is 8.06. The molecule has 0 aliphatic carbocycles. The summed E-state index contributed by atoms with van der Waals surface area (Å²) in [6.45, 7) is 16.2. The number of carbonyl (C=O) groups is 1. The Labute approximate surface area is 135 Å². The van der Waals surface area contributed by atoms with Gasteiger partial charge in [-0.1, -0.05) is 18.2 Å². The number of thioether (sulfide) groups is 1. The molecule has 1 aromatic carbocycles. The van der Waals surface area contributed by atoms with Crippen molar-refractivity contribution in [3.05, 3.63) is 41.0 Å². The molecule has 0 saturated heterocycles. The lowest BCUT2D eigenvalue weighted by Gasteiger charge is -2.11. The van der Waals surface area contributed by atoms with Gasteiger partial charge in [0.25, 0.3) is 0 Å². The van der Waals surface area contributed by atoms with Crippen molar-refractivity contribution in [2.45, 2.75) is 30.8 Å². The van der Waals surface area contributed by atoms with Crippen LogP contribution in [0, 0.1) is 13.1 Å². The van der Waals surface area contributed by atoms with Crippen LogP contribution in [0.4, 0.5) is 11.4 Å². The number of esters is 1. The van der Waals surface area contributed by atoms with E-state index >= 15 is 0 Å². The molecule has 0 aliphatic rings. The van der Waals surface area contributed by atoms with E-state index in [-0.39, 0.29) is 12.1 Å². The normalized spacial score (nSPS) is 11.3. The van der Waals surface area contributed by atoms with Gasteiger partial charge in [-0.15, -0.1) is 11.8 Å². The van der Waals surface area contributed by atoms with E-state index in [0.29, 0.717) is 30.8 Å². The Hall–Kier alpha value is -2.02. The Balaban J connectivity index is 2.35. The van der Waals surface area contributed by atoms with Crippen molar-refractivity contribution >= 4 is 29.1 Å². The minimum atomic E-state index is -0.229. The fraction of sp³-hybridized carbons (Fsp3) is 0.438. The van der Waals surface area contributed by atoms with Crippen molar-refractivity contribution in [1.82, 2.24) is 0 Å². The second-order valence-corrected chi connectivity index (χ2v) is 5.75. The van der Waals surface area contributed by atoms with Crippen LogP contribution in [0.5, 0.6) is 0 Å². The highest BCUT2D eigenvalue weighted by atomic mass is 32.2. The molecule has 1 aromatic rings. The third-order valence-electron chi connectivity index (χ3n) is 2.72. The van der Waals surface area contributed by atoms with Crippen molar-refractivity contribution in [3.63, 3.8) is 0 Å². The van der Waals surface area contributed by atoms with Gasteiger partial charge in [0, 0.05) is 13.5 Å². The van der Waals surface area contributed by atoms with Gasteiger partial charge in [-0.3, -0.25) is 14.5 Å². The lowest BCUT2D eigenvalue weighted by Crippen LogP contribution is -2.19. The van der Waals surface area contributed by atoms with E-state index in [1.807, 2.05) is 6.07 Å². The lowest BCUT2D eigenvalue weighted by molar-refractivity contribution is -0.150. The summed E-state index contributed by atoms with van der Waals surface area (Å²) in [5.74, 6) is 0.526. The Morgan fingerprint density at radius 3 is 2.68 bits per heavy atom. The predicted octanol–water partition coefficient (Wildman–Crippen LogP) is 4.24. The molecule has 6 heteroatoms. The van der Waals surface area contributed by atoms with Crippen molar-refractivity contribution in [2.75, 3.05) is 19.5 Å². The summed E-state index contributed by atoms with van der Waals surface area (Å²) in [4.78, 5) is 19.1. The highest BCUT2D eigenvalue weighted by Gasteiger charge is 2.09. The molecular formula is C16H18N2O3S. The number of hydrogen-bond acceptors (Lipinski definition) is 4. The molecule has 22 heavy (non-hydrogen) atoms. The van der Waals surface area contributed by atoms with Crippen molar-refractivity contribution in [1.29, 1.82) is 0 Å². The van der Waals surface area contributed by atoms with Gasteiger partial charge in [-0.25, -0.2) is 0 Å². The van der Waals surface area contributed by atoms with Crippen LogP contribution < -0.4 is 0 Å². The van der Waals surface area contributed by atoms with Gasteiger partial charge in [0.05, 0.1) is 19.8 Å². The van der Waals surface area contributed by atoms with Gasteiger partial charge in [0.1, 0.15) is 6.10 Å². The Morgan fingerprint density at radius 1 is 1.32 bits per heavy atom. The number of hydrogen-bond donors (Lipinski definition) is 0. The first kappa shape index (κ1) is 18.0. The van der Waals surface area contributed by atoms with Crippen LogP contribution in [-0.2, 0) is 14.3 Å². The molecule has 0 heterocycles. The van der Waals surface area contributed by atoms with E-state index in [9.17, 15) is 4.79 Å². The minimum absolute atomic E-state index is 0.227. The largest absolute Gasteiger partial charge is 0.460 e. The van der Waals surface area contributed by atoms with Crippen LogP contribution in [0.2, 0.25) is 0 Å². The highest BCUT2D eigenvalue weighted by molar-refractivity contribution is 7.99. The zero-order valence-electron chi connectivity index (χ0n) is 12.7. The number of methoxy groups -OCH3 is 1. The van der Waals surface area contributed by atoms with Gasteiger partial charge < -0.3 is 9.47 Å². The maximum absolute atomic E-state index is 11.6. The molecule has 0 aliphatic heterocycles. The fourth-order valence-corrected chi connectivity index (χ4v) is 2.62. The van der Waals surface area contributed by atoms with Crippen LogP contribution in [0.1, 0.15) is 19.8 Å². The molecule has 1 atom stereocenters. The number of rotatable bonds is 8. The number of nitrogens with zero attached hydrogens (tertiary/aromatic N) is 2. The van der Waals surface area contributed by atoms with Crippen LogP contribution >= 0.6 is 11.8 Å². The van der Waals surface area contributed by atoms with Crippen molar-refractivity contribution in [2.24, 2.45) is 0 Å². The molecule has 0 spiro atoms. The van der Waals surface area contributed by atoms with Crippen LogP contribution in [0.25, 0.3) is 9.69 Å². The SMILES string of the molecule is [C-]#[N+]c1ccc(SCCCC(=O)OC(C)COC)cc1[N+]#[C-]. The molecular weight excluding hydrogens is 300 g/mol. The predicted molar refractivity (Wildman–Crippen MR) is 86.4 cm³/mol. The molecule has 0 aromatic heterocycles. The summed E-state index contributed by atoms with van der Waals surface area (Å²) in [6, 6.07) is 5.19. The van der Waals surface area contributed by atoms with E-state index in [1.165, 1.54) is 0 Å². The molecule has 0 fully saturated rings. The van der Waals surface area contributed by atoms with Gasteiger partial charge in [-0.05, 0) is 24.0 Å². The average molecular weight is 318 g/mol. The quantitative estimate of drug-likeness (QED) is 0.311.